The lowest BCUT2D eigenvalue weighted by Crippen LogP contribution is -2.47. The van der Waals surface area contributed by atoms with E-state index < -0.39 is 6.09 Å². The van der Waals surface area contributed by atoms with Crippen molar-refractivity contribution in [3.05, 3.63) is 29.8 Å². The molecule has 6 heteroatoms. The average Bonchev–Trinajstić information content (AvgIpc) is 2.45. The van der Waals surface area contributed by atoms with Crippen molar-refractivity contribution in [2.45, 2.75) is 19.1 Å². The number of ether oxygens (including phenoxy) is 1. The molecule has 1 aliphatic rings. The number of nitrogens with zero attached hydrogens (tertiary/aromatic N) is 1. The fraction of sp³-hybridized carbons (Fsp3) is 0.500. The number of nitrogens with one attached hydrogen (secondary N) is 1. The summed E-state index contributed by atoms with van der Waals surface area (Å²) in [5.74, 6) is 0. The molecule has 110 valence electrons. The summed E-state index contributed by atoms with van der Waals surface area (Å²) in [6.45, 7) is 4.32. The van der Waals surface area contributed by atoms with Crippen molar-refractivity contribution < 1.29 is 14.6 Å². The van der Waals surface area contributed by atoms with Crippen LogP contribution in [0.4, 0.5) is 10.5 Å². The van der Waals surface area contributed by atoms with Gasteiger partial charge in [-0.05, 0) is 24.6 Å². The summed E-state index contributed by atoms with van der Waals surface area (Å²) in [5, 5.41) is 11.0. The first-order valence-electron chi connectivity index (χ1n) is 6.75. The maximum atomic E-state index is 10.5. The summed E-state index contributed by atoms with van der Waals surface area (Å²) in [4.78, 5) is 12.7. The number of morpholine rings is 1. The van der Waals surface area contributed by atoms with E-state index in [-0.39, 0.29) is 12.1 Å². The van der Waals surface area contributed by atoms with Gasteiger partial charge in [-0.2, -0.15) is 0 Å². The number of carboxylic acid groups (broad SMARTS) is 1. The van der Waals surface area contributed by atoms with Gasteiger partial charge in [-0.1, -0.05) is 12.1 Å². The van der Waals surface area contributed by atoms with Crippen molar-refractivity contribution in [1.82, 2.24) is 5.32 Å². The van der Waals surface area contributed by atoms with E-state index in [1.807, 2.05) is 25.1 Å². The number of rotatable bonds is 4. The van der Waals surface area contributed by atoms with Crippen LogP contribution in [0.25, 0.3) is 0 Å². The molecule has 2 atom stereocenters. The zero-order valence-electron chi connectivity index (χ0n) is 11.6. The molecule has 1 aromatic carbocycles. The fourth-order valence-electron chi connectivity index (χ4n) is 2.28. The molecule has 0 radical (unpaired) electrons. The van der Waals surface area contributed by atoms with Crippen LogP contribution >= 0.6 is 0 Å². The summed E-state index contributed by atoms with van der Waals surface area (Å²) in [7, 11) is 0. The molecular weight excluding hydrogens is 258 g/mol. The van der Waals surface area contributed by atoms with Gasteiger partial charge in [0.15, 0.2) is 0 Å². The third kappa shape index (κ3) is 3.85. The highest BCUT2D eigenvalue weighted by molar-refractivity contribution is 5.64. The molecule has 1 amide bonds. The second kappa shape index (κ2) is 6.58. The molecule has 0 spiro atoms. The summed E-state index contributed by atoms with van der Waals surface area (Å²) in [6, 6.07) is 8.13. The Morgan fingerprint density at radius 1 is 1.65 bits per heavy atom. The van der Waals surface area contributed by atoms with E-state index in [0.717, 1.165) is 17.8 Å². The van der Waals surface area contributed by atoms with Crippen LogP contribution in [0.5, 0.6) is 0 Å². The SMILES string of the molecule is CC(N)c1cccc(N2CCOC(CNC(=O)O)C2)c1. The average molecular weight is 279 g/mol. The summed E-state index contributed by atoms with van der Waals surface area (Å²) in [5.41, 5.74) is 8.09. The quantitative estimate of drug-likeness (QED) is 0.770. The summed E-state index contributed by atoms with van der Waals surface area (Å²) < 4.78 is 5.57. The number of anilines is 1. The van der Waals surface area contributed by atoms with Gasteiger partial charge in [0.2, 0.25) is 0 Å². The van der Waals surface area contributed by atoms with Gasteiger partial charge < -0.3 is 25.8 Å². The molecule has 0 bridgehead atoms. The predicted octanol–water partition coefficient (Wildman–Crippen LogP) is 1.18. The van der Waals surface area contributed by atoms with Crippen molar-refractivity contribution in [3.63, 3.8) is 0 Å². The van der Waals surface area contributed by atoms with Gasteiger partial charge in [0.25, 0.3) is 0 Å². The minimum Gasteiger partial charge on any atom is -0.465 e. The van der Waals surface area contributed by atoms with Crippen LogP contribution in [-0.2, 0) is 4.74 Å². The molecule has 1 aliphatic heterocycles. The molecule has 2 unspecified atom stereocenters. The van der Waals surface area contributed by atoms with E-state index >= 15 is 0 Å². The van der Waals surface area contributed by atoms with Crippen LogP contribution in [0.15, 0.2) is 24.3 Å². The summed E-state index contributed by atoms with van der Waals surface area (Å²) >= 11 is 0. The minimum absolute atomic E-state index is 0.000430. The lowest BCUT2D eigenvalue weighted by molar-refractivity contribution is 0.0410. The standard InChI is InChI=1S/C14H21N3O3/c1-10(15)11-3-2-4-12(7-11)17-5-6-20-13(9-17)8-16-14(18)19/h2-4,7,10,13,16H,5-6,8-9,15H2,1H3,(H,18,19). The van der Waals surface area contributed by atoms with Crippen LogP contribution in [0.1, 0.15) is 18.5 Å². The van der Waals surface area contributed by atoms with Gasteiger partial charge in [-0.15, -0.1) is 0 Å². The van der Waals surface area contributed by atoms with Crippen molar-refractivity contribution in [2.75, 3.05) is 31.1 Å². The van der Waals surface area contributed by atoms with Crippen LogP contribution in [0.3, 0.4) is 0 Å². The first-order valence-corrected chi connectivity index (χ1v) is 6.75. The molecule has 1 saturated heterocycles. The minimum atomic E-state index is -1.02. The molecule has 0 aromatic heterocycles. The number of hydrogen-bond acceptors (Lipinski definition) is 4. The Morgan fingerprint density at radius 3 is 3.15 bits per heavy atom. The Morgan fingerprint density at radius 2 is 2.45 bits per heavy atom. The van der Waals surface area contributed by atoms with Crippen LogP contribution < -0.4 is 16.0 Å². The number of nitrogens with two attached hydrogens (primary N) is 1. The topological polar surface area (TPSA) is 87.8 Å². The lowest BCUT2D eigenvalue weighted by atomic mass is 10.1. The molecule has 20 heavy (non-hydrogen) atoms. The predicted molar refractivity (Wildman–Crippen MR) is 77.0 cm³/mol. The third-order valence-corrected chi connectivity index (χ3v) is 3.38. The van der Waals surface area contributed by atoms with Crippen LogP contribution in [0, 0.1) is 0 Å². The van der Waals surface area contributed by atoms with E-state index in [1.165, 1.54) is 0 Å². The molecule has 0 saturated carbocycles. The second-order valence-corrected chi connectivity index (χ2v) is 5.01. The summed E-state index contributed by atoms with van der Waals surface area (Å²) in [6.07, 6.45) is -1.15. The number of hydrogen-bond donors (Lipinski definition) is 3. The second-order valence-electron chi connectivity index (χ2n) is 5.01. The van der Waals surface area contributed by atoms with Gasteiger partial charge in [0.05, 0.1) is 12.7 Å². The van der Waals surface area contributed by atoms with Crippen molar-refractivity contribution in [1.29, 1.82) is 0 Å². The van der Waals surface area contributed by atoms with Gasteiger partial charge in [0, 0.05) is 31.4 Å². The van der Waals surface area contributed by atoms with Gasteiger partial charge >= 0.3 is 6.09 Å². The first-order chi connectivity index (χ1) is 9.56. The zero-order valence-corrected chi connectivity index (χ0v) is 11.6. The Balaban J connectivity index is 2.01. The highest BCUT2D eigenvalue weighted by Crippen LogP contribution is 2.21. The van der Waals surface area contributed by atoms with E-state index in [9.17, 15) is 4.79 Å². The Labute approximate surface area is 118 Å². The monoisotopic (exact) mass is 279 g/mol. The molecular formula is C14H21N3O3. The molecule has 2 rings (SSSR count). The van der Waals surface area contributed by atoms with Crippen molar-refractivity contribution in [3.8, 4) is 0 Å². The van der Waals surface area contributed by atoms with E-state index in [2.05, 4.69) is 16.3 Å². The molecule has 0 aliphatic carbocycles. The lowest BCUT2D eigenvalue weighted by Gasteiger charge is -2.34. The Bertz CT molecular complexity index is 465. The molecule has 4 N–H and O–H groups in total. The van der Waals surface area contributed by atoms with Gasteiger partial charge in [-0.25, -0.2) is 4.79 Å². The maximum absolute atomic E-state index is 10.5. The number of carbonyl (C=O) groups is 1. The fourth-order valence-corrected chi connectivity index (χ4v) is 2.28. The first kappa shape index (κ1) is 14.6. The number of benzene rings is 1. The zero-order chi connectivity index (χ0) is 14.5. The largest absolute Gasteiger partial charge is 0.465 e. The maximum Gasteiger partial charge on any atom is 0.404 e. The third-order valence-electron chi connectivity index (χ3n) is 3.38. The number of amides is 1. The molecule has 1 heterocycles. The highest BCUT2D eigenvalue weighted by Gasteiger charge is 2.21. The normalized spacial score (nSPS) is 20.5. The van der Waals surface area contributed by atoms with Crippen LogP contribution in [-0.4, -0.2) is 43.5 Å². The molecule has 1 fully saturated rings. The molecule has 6 nitrogen and oxygen atoms in total. The molecule has 1 aromatic rings. The van der Waals surface area contributed by atoms with E-state index in [4.69, 9.17) is 15.6 Å². The van der Waals surface area contributed by atoms with E-state index in [0.29, 0.717) is 19.7 Å². The smallest absolute Gasteiger partial charge is 0.404 e. The van der Waals surface area contributed by atoms with Crippen molar-refractivity contribution >= 4 is 11.8 Å². The Kier molecular flexibility index (Phi) is 4.81. The van der Waals surface area contributed by atoms with Crippen LogP contribution in [0.2, 0.25) is 0 Å². The Hall–Kier alpha value is -1.79. The van der Waals surface area contributed by atoms with Gasteiger partial charge in [-0.3, -0.25) is 0 Å². The van der Waals surface area contributed by atoms with Crippen molar-refractivity contribution in [2.24, 2.45) is 5.73 Å². The van der Waals surface area contributed by atoms with Gasteiger partial charge in [0.1, 0.15) is 0 Å². The highest BCUT2D eigenvalue weighted by atomic mass is 16.5. The van der Waals surface area contributed by atoms with E-state index in [1.54, 1.807) is 0 Å².